The minimum absolute atomic E-state index is 0.121. The lowest BCUT2D eigenvalue weighted by atomic mass is 9.49. The lowest BCUT2D eigenvalue weighted by Gasteiger charge is -2.57. The number of ketones is 1. The number of benzene rings is 1. The summed E-state index contributed by atoms with van der Waals surface area (Å²) in [7, 11) is 0. The van der Waals surface area contributed by atoms with Crippen molar-refractivity contribution in [1.29, 1.82) is 0 Å². The molecule has 0 aliphatic heterocycles. The number of para-hydroxylation sites is 1. The first-order valence-electron chi connectivity index (χ1n) is 13.3. The van der Waals surface area contributed by atoms with Gasteiger partial charge in [0.1, 0.15) is 11.6 Å². The maximum Gasteiger partial charge on any atom is 0.160 e. The molecule has 0 radical (unpaired) electrons. The Labute approximate surface area is 197 Å². The van der Waals surface area contributed by atoms with Gasteiger partial charge in [-0.25, -0.2) is 4.68 Å². The van der Waals surface area contributed by atoms with Gasteiger partial charge in [0.05, 0.1) is 11.1 Å². The minimum Gasteiger partial charge on any atom is -0.390 e. The van der Waals surface area contributed by atoms with Crippen molar-refractivity contribution in [3.8, 4) is 0 Å². The van der Waals surface area contributed by atoms with Crippen molar-refractivity contribution in [3.05, 3.63) is 24.3 Å². The van der Waals surface area contributed by atoms with Crippen LogP contribution >= 0.6 is 0 Å². The Balaban J connectivity index is 1.22. The van der Waals surface area contributed by atoms with Gasteiger partial charge in [0.15, 0.2) is 5.78 Å². The van der Waals surface area contributed by atoms with Crippen LogP contribution in [0.4, 0.5) is 0 Å². The van der Waals surface area contributed by atoms with E-state index in [0.717, 1.165) is 48.0 Å². The molecule has 0 spiro atoms. The average Bonchev–Trinajstić information content (AvgIpc) is 3.38. The lowest BCUT2D eigenvalue weighted by molar-refractivity contribution is -0.135. The van der Waals surface area contributed by atoms with E-state index in [1.807, 2.05) is 42.8 Å². The molecule has 4 aliphatic carbocycles. The predicted molar refractivity (Wildman–Crippen MR) is 128 cm³/mol. The number of Topliss-reactive ketones (excluding diaryl/α,β-unsaturated/α-hetero) is 1. The molecule has 0 amide bonds. The zero-order valence-corrected chi connectivity index (χ0v) is 20.4. The van der Waals surface area contributed by atoms with Gasteiger partial charge >= 0.3 is 0 Å². The van der Waals surface area contributed by atoms with Crippen molar-refractivity contribution < 1.29 is 9.90 Å². The molecule has 4 fully saturated rings. The van der Waals surface area contributed by atoms with Crippen LogP contribution in [0, 0.1) is 40.9 Å². The molecule has 0 unspecified atom stereocenters. The summed E-state index contributed by atoms with van der Waals surface area (Å²) < 4.78 is 1.85. The number of hydrogen-bond acceptors (Lipinski definition) is 4. The number of fused-ring (bicyclic) bond motifs is 6. The first kappa shape index (κ1) is 21.8. The number of carbonyl (C=O) groups excluding carboxylic acids is 1. The molecule has 2 aromatic rings. The van der Waals surface area contributed by atoms with Crippen LogP contribution in [0.15, 0.2) is 24.3 Å². The number of aromatic nitrogens is 3. The fourth-order valence-electron chi connectivity index (χ4n) is 9.13. The van der Waals surface area contributed by atoms with Crippen molar-refractivity contribution in [2.75, 3.05) is 0 Å². The highest BCUT2D eigenvalue weighted by Crippen LogP contribution is 2.65. The van der Waals surface area contributed by atoms with Gasteiger partial charge < -0.3 is 5.11 Å². The molecule has 5 heteroatoms. The Morgan fingerprint density at radius 3 is 2.67 bits per heavy atom. The van der Waals surface area contributed by atoms with Gasteiger partial charge in [-0.1, -0.05) is 24.3 Å². The normalized spacial score (nSPS) is 43.5. The molecule has 5 nitrogen and oxygen atoms in total. The van der Waals surface area contributed by atoms with Crippen molar-refractivity contribution in [1.82, 2.24) is 15.0 Å². The van der Waals surface area contributed by atoms with Gasteiger partial charge in [0.2, 0.25) is 0 Å². The van der Waals surface area contributed by atoms with E-state index in [1.165, 1.54) is 38.5 Å². The first-order valence-corrected chi connectivity index (χ1v) is 13.3. The van der Waals surface area contributed by atoms with Crippen LogP contribution in [-0.2, 0) is 4.79 Å². The van der Waals surface area contributed by atoms with Crippen molar-refractivity contribution >= 4 is 16.8 Å². The van der Waals surface area contributed by atoms with E-state index in [0.29, 0.717) is 17.6 Å². The summed E-state index contributed by atoms with van der Waals surface area (Å²) in [4.78, 5) is 13.9. The summed E-state index contributed by atoms with van der Waals surface area (Å²) in [5.41, 5.74) is 1.48. The van der Waals surface area contributed by atoms with Gasteiger partial charge in [0.25, 0.3) is 0 Å². The summed E-state index contributed by atoms with van der Waals surface area (Å²) in [6.07, 6.45) is 10.4. The molecule has 0 saturated heterocycles. The molecule has 1 aromatic heterocycles. The fourth-order valence-corrected chi connectivity index (χ4v) is 9.13. The zero-order valence-electron chi connectivity index (χ0n) is 20.4. The molecule has 1 aromatic carbocycles. The Hall–Kier alpha value is -1.75. The van der Waals surface area contributed by atoms with Crippen molar-refractivity contribution in [2.24, 2.45) is 40.9 Å². The summed E-state index contributed by atoms with van der Waals surface area (Å²) >= 11 is 0. The third-order valence-electron chi connectivity index (χ3n) is 10.7. The van der Waals surface area contributed by atoms with E-state index in [-0.39, 0.29) is 17.4 Å². The highest BCUT2D eigenvalue weighted by atomic mass is 16.3. The molecule has 4 aliphatic rings. The van der Waals surface area contributed by atoms with Gasteiger partial charge in [-0.05, 0) is 119 Å². The van der Waals surface area contributed by atoms with Crippen molar-refractivity contribution in [2.45, 2.75) is 90.2 Å². The zero-order chi connectivity index (χ0) is 23.0. The topological polar surface area (TPSA) is 68.0 Å². The molecular weight excluding hydrogens is 410 g/mol. The van der Waals surface area contributed by atoms with E-state index >= 15 is 0 Å². The van der Waals surface area contributed by atoms with E-state index in [9.17, 15) is 9.90 Å². The molecular formula is C28H39N3O2. The predicted octanol–water partition coefficient (Wildman–Crippen LogP) is 5.58. The Morgan fingerprint density at radius 1 is 1.03 bits per heavy atom. The van der Waals surface area contributed by atoms with Crippen LogP contribution in [0.2, 0.25) is 0 Å². The molecule has 33 heavy (non-hydrogen) atoms. The number of aliphatic hydroxyl groups is 1. The molecule has 4 saturated carbocycles. The number of carbonyl (C=O) groups is 1. The minimum atomic E-state index is -0.455. The third-order valence-corrected chi connectivity index (χ3v) is 10.7. The summed E-state index contributed by atoms with van der Waals surface area (Å²) in [6, 6.07) is 7.67. The second-order valence-electron chi connectivity index (χ2n) is 12.5. The summed E-state index contributed by atoms with van der Waals surface area (Å²) in [5.74, 6) is 4.25. The largest absolute Gasteiger partial charge is 0.390 e. The third kappa shape index (κ3) is 3.32. The van der Waals surface area contributed by atoms with Gasteiger partial charge in [-0.15, -0.1) is 5.10 Å². The second kappa shape index (κ2) is 7.63. The van der Waals surface area contributed by atoms with Crippen LogP contribution in [0.5, 0.6) is 0 Å². The maximum atomic E-state index is 13.9. The van der Waals surface area contributed by atoms with Gasteiger partial charge in [0, 0.05) is 5.92 Å². The lowest BCUT2D eigenvalue weighted by Crippen LogP contribution is -2.51. The number of rotatable bonds is 3. The molecule has 0 bridgehead atoms. The average molecular weight is 450 g/mol. The summed E-state index contributed by atoms with van der Waals surface area (Å²) in [5, 5.41) is 19.3. The molecule has 9 atom stereocenters. The second-order valence-corrected chi connectivity index (χ2v) is 12.5. The van der Waals surface area contributed by atoms with E-state index < -0.39 is 5.60 Å². The molecule has 1 N–H and O–H groups in total. The number of hydrogen-bond donors (Lipinski definition) is 1. The Bertz CT molecular complexity index is 1060. The van der Waals surface area contributed by atoms with E-state index in [1.54, 1.807) is 0 Å². The smallest absolute Gasteiger partial charge is 0.160 e. The monoisotopic (exact) mass is 449 g/mol. The highest BCUT2D eigenvalue weighted by Gasteiger charge is 2.59. The number of nitrogens with zero attached hydrogens (tertiary/aromatic N) is 3. The van der Waals surface area contributed by atoms with Crippen LogP contribution in [-0.4, -0.2) is 31.5 Å². The Kier molecular flexibility index (Phi) is 5.03. The fraction of sp³-hybridized carbons (Fsp3) is 0.750. The van der Waals surface area contributed by atoms with Gasteiger partial charge in [-0.3, -0.25) is 4.79 Å². The maximum absolute atomic E-state index is 13.9. The standard InChI is InChI=1S/C28H39N3O2/c1-17(31-25-7-5-4-6-24(25)29-30-31)26(32)23-11-10-22-21-9-8-18-16-27(2,33)14-12-19(18)20(21)13-15-28(22,23)3/h4-7,17-23,33H,8-16H2,1-3H3/t17-,18+,19+,20-,21-,22+,23-,27-,28+/m1/s1. The quantitative estimate of drug-likeness (QED) is 0.664. The van der Waals surface area contributed by atoms with E-state index in [2.05, 4.69) is 17.2 Å². The first-order chi connectivity index (χ1) is 15.8. The van der Waals surface area contributed by atoms with E-state index in [4.69, 9.17) is 0 Å². The van der Waals surface area contributed by atoms with Crippen LogP contribution in [0.1, 0.15) is 84.6 Å². The van der Waals surface area contributed by atoms with Crippen LogP contribution < -0.4 is 0 Å². The summed E-state index contributed by atoms with van der Waals surface area (Å²) in [6.45, 7) is 6.50. The SMILES string of the molecule is C[C@H](C(=O)[C@H]1CC[C@H]2[C@@H]3CC[C@H]4C[C@](C)(O)CC[C@@H]4[C@H]3CC[C@]12C)n1nnc2ccccc21. The van der Waals surface area contributed by atoms with Crippen LogP contribution in [0.25, 0.3) is 11.0 Å². The van der Waals surface area contributed by atoms with Crippen molar-refractivity contribution in [3.63, 3.8) is 0 Å². The van der Waals surface area contributed by atoms with Crippen LogP contribution in [0.3, 0.4) is 0 Å². The molecule has 6 rings (SSSR count). The molecule has 178 valence electrons. The highest BCUT2D eigenvalue weighted by molar-refractivity contribution is 5.87. The molecule has 1 heterocycles. The Morgan fingerprint density at radius 2 is 1.82 bits per heavy atom. The van der Waals surface area contributed by atoms with Gasteiger partial charge in [-0.2, -0.15) is 0 Å².